The van der Waals surface area contributed by atoms with E-state index in [0.29, 0.717) is 19.3 Å². The van der Waals surface area contributed by atoms with Crippen LogP contribution in [0.4, 0.5) is 0 Å². The smallest absolute Gasteiger partial charge is 0.243 e. The normalized spacial score (nSPS) is 19.8. The van der Waals surface area contributed by atoms with Gasteiger partial charge in [0.15, 0.2) is 0 Å². The summed E-state index contributed by atoms with van der Waals surface area (Å²) < 4.78 is 0. The first-order valence-corrected chi connectivity index (χ1v) is 6.13. The molecule has 0 aromatic rings. The molecule has 0 aliphatic heterocycles. The summed E-state index contributed by atoms with van der Waals surface area (Å²) in [6.07, 6.45) is 4.62. The van der Waals surface area contributed by atoms with Crippen LogP contribution >= 0.6 is 0 Å². The van der Waals surface area contributed by atoms with Gasteiger partial charge in [0.05, 0.1) is 18.6 Å². The third kappa shape index (κ3) is 2.77. The highest BCUT2D eigenvalue weighted by Gasteiger charge is 2.42. The van der Waals surface area contributed by atoms with Crippen molar-refractivity contribution in [3.63, 3.8) is 0 Å². The maximum Gasteiger partial charge on any atom is 0.243 e. The zero-order valence-corrected chi connectivity index (χ0v) is 10.6. The van der Waals surface area contributed by atoms with Gasteiger partial charge in [-0.3, -0.25) is 4.79 Å². The minimum atomic E-state index is -0.837. The number of hydrogen-bond donors (Lipinski definition) is 0. The molecule has 0 radical (unpaired) electrons. The van der Waals surface area contributed by atoms with E-state index in [9.17, 15) is 10.1 Å². The van der Waals surface area contributed by atoms with Crippen LogP contribution in [0.3, 0.4) is 0 Å². The monoisotopic (exact) mass is 233 g/mol. The van der Waals surface area contributed by atoms with Gasteiger partial charge >= 0.3 is 0 Å². The Balaban J connectivity index is 2.80. The molecule has 1 aliphatic rings. The number of carbonyl (C=O) groups excluding carboxylic acids is 1. The number of amides is 1. The van der Waals surface area contributed by atoms with Crippen molar-refractivity contribution >= 4 is 5.91 Å². The zero-order valence-electron chi connectivity index (χ0n) is 10.6. The summed E-state index contributed by atoms with van der Waals surface area (Å²) in [4.78, 5) is 13.9. The summed E-state index contributed by atoms with van der Waals surface area (Å²) in [6.45, 7) is 1.84. The molecule has 92 valence electrons. The van der Waals surface area contributed by atoms with Crippen molar-refractivity contribution in [2.45, 2.75) is 51.5 Å². The highest BCUT2D eigenvalue weighted by atomic mass is 16.2. The second kappa shape index (κ2) is 5.68. The lowest BCUT2D eigenvalue weighted by Crippen LogP contribution is -2.46. The molecule has 0 N–H and O–H groups in total. The number of nitriles is 2. The molecule has 1 fully saturated rings. The molecule has 17 heavy (non-hydrogen) atoms. The number of carbonyl (C=O) groups is 1. The third-order valence-corrected chi connectivity index (χ3v) is 3.70. The Morgan fingerprint density at radius 2 is 1.94 bits per heavy atom. The van der Waals surface area contributed by atoms with E-state index in [-0.39, 0.29) is 11.9 Å². The van der Waals surface area contributed by atoms with Crippen molar-refractivity contribution in [3.8, 4) is 12.1 Å². The molecule has 1 amide bonds. The van der Waals surface area contributed by atoms with Gasteiger partial charge in [-0.2, -0.15) is 10.5 Å². The van der Waals surface area contributed by atoms with E-state index in [2.05, 4.69) is 12.1 Å². The summed E-state index contributed by atoms with van der Waals surface area (Å²) in [5.41, 5.74) is -0.837. The predicted molar refractivity (Wildman–Crippen MR) is 63.6 cm³/mol. The van der Waals surface area contributed by atoms with Gasteiger partial charge in [-0.1, -0.05) is 19.3 Å². The topological polar surface area (TPSA) is 67.9 Å². The van der Waals surface area contributed by atoms with Gasteiger partial charge < -0.3 is 4.90 Å². The molecule has 0 bridgehead atoms. The minimum absolute atomic E-state index is 0.109. The fourth-order valence-electron chi connectivity index (χ4n) is 2.34. The van der Waals surface area contributed by atoms with E-state index in [1.165, 1.54) is 0 Å². The van der Waals surface area contributed by atoms with E-state index in [1.54, 1.807) is 11.9 Å². The molecule has 0 heterocycles. The fourth-order valence-corrected chi connectivity index (χ4v) is 2.34. The predicted octanol–water partition coefficient (Wildman–Crippen LogP) is 2.22. The largest absolute Gasteiger partial charge is 0.341 e. The standard InChI is InChI=1S/C13H19N3O/c1-11(6-9-14)16(2)12(17)13(10-15)7-4-3-5-8-13/h11H,3-8H2,1-2H3. The molecule has 0 aromatic carbocycles. The Morgan fingerprint density at radius 1 is 1.35 bits per heavy atom. The molecule has 1 rings (SSSR count). The summed E-state index contributed by atoms with van der Waals surface area (Å²) in [5.74, 6) is -0.109. The van der Waals surface area contributed by atoms with Gasteiger partial charge in [0.25, 0.3) is 0 Å². The van der Waals surface area contributed by atoms with E-state index in [0.717, 1.165) is 19.3 Å². The average Bonchev–Trinajstić information content (AvgIpc) is 2.38. The molecule has 0 aromatic heterocycles. The SMILES string of the molecule is CC(CC#N)N(C)C(=O)C1(C#N)CCCCC1. The van der Waals surface area contributed by atoms with Gasteiger partial charge in [0.1, 0.15) is 5.41 Å². The molecule has 0 saturated heterocycles. The summed E-state index contributed by atoms with van der Waals surface area (Å²) in [5, 5.41) is 18.0. The maximum atomic E-state index is 12.4. The lowest BCUT2D eigenvalue weighted by molar-refractivity contribution is -0.141. The van der Waals surface area contributed by atoms with Crippen LogP contribution in [-0.2, 0) is 4.79 Å². The van der Waals surface area contributed by atoms with Crippen LogP contribution in [0.1, 0.15) is 45.4 Å². The minimum Gasteiger partial charge on any atom is -0.341 e. The van der Waals surface area contributed by atoms with Crippen molar-refractivity contribution in [1.82, 2.24) is 4.90 Å². The number of hydrogen-bond acceptors (Lipinski definition) is 3. The molecular formula is C13H19N3O. The first-order valence-electron chi connectivity index (χ1n) is 6.13. The molecule has 0 spiro atoms. The van der Waals surface area contributed by atoms with Crippen LogP contribution in [0.25, 0.3) is 0 Å². The lowest BCUT2D eigenvalue weighted by Gasteiger charge is -2.35. The quantitative estimate of drug-likeness (QED) is 0.750. The Morgan fingerprint density at radius 3 is 2.41 bits per heavy atom. The maximum absolute atomic E-state index is 12.4. The molecule has 4 nitrogen and oxygen atoms in total. The highest BCUT2D eigenvalue weighted by Crippen LogP contribution is 2.37. The van der Waals surface area contributed by atoms with E-state index in [4.69, 9.17) is 5.26 Å². The van der Waals surface area contributed by atoms with Crippen molar-refractivity contribution in [2.75, 3.05) is 7.05 Å². The molecule has 1 unspecified atom stereocenters. The average molecular weight is 233 g/mol. The van der Waals surface area contributed by atoms with Crippen molar-refractivity contribution in [2.24, 2.45) is 5.41 Å². The van der Waals surface area contributed by atoms with Gasteiger partial charge in [0, 0.05) is 13.1 Å². The zero-order chi connectivity index (χ0) is 12.9. The van der Waals surface area contributed by atoms with E-state index < -0.39 is 5.41 Å². The van der Waals surface area contributed by atoms with Crippen LogP contribution in [0.2, 0.25) is 0 Å². The Bertz CT molecular complexity index is 358. The van der Waals surface area contributed by atoms with Crippen LogP contribution in [0, 0.1) is 28.1 Å². The Labute approximate surface area is 103 Å². The van der Waals surface area contributed by atoms with Gasteiger partial charge in [-0.05, 0) is 19.8 Å². The number of rotatable bonds is 3. The lowest BCUT2D eigenvalue weighted by atomic mass is 9.74. The van der Waals surface area contributed by atoms with Crippen LogP contribution in [-0.4, -0.2) is 23.9 Å². The van der Waals surface area contributed by atoms with Crippen molar-refractivity contribution < 1.29 is 4.79 Å². The van der Waals surface area contributed by atoms with E-state index >= 15 is 0 Å². The van der Waals surface area contributed by atoms with Gasteiger partial charge in [-0.25, -0.2) is 0 Å². The summed E-state index contributed by atoms with van der Waals surface area (Å²) >= 11 is 0. The molecule has 1 atom stereocenters. The first-order chi connectivity index (χ1) is 8.07. The Hall–Kier alpha value is -1.55. The first kappa shape index (κ1) is 13.5. The van der Waals surface area contributed by atoms with Gasteiger partial charge in [-0.15, -0.1) is 0 Å². The van der Waals surface area contributed by atoms with Crippen LogP contribution in [0.15, 0.2) is 0 Å². The molecular weight excluding hydrogens is 214 g/mol. The second-order valence-electron chi connectivity index (χ2n) is 4.88. The van der Waals surface area contributed by atoms with Crippen molar-refractivity contribution in [3.05, 3.63) is 0 Å². The van der Waals surface area contributed by atoms with Crippen LogP contribution < -0.4 is 0 Å². The molecule has 1 saturated carbocycles. The van der Waals surface area contributed by atoms with Crippen molar-refractivity contribution in [1.29, 1.82) is 10.5 Å². The summed E-state index contributed by atoms with van der Waals surface area (Å²) in [7, 11) is 1.69. The second-order valence-corrected chi connectivity index (χ2v) is 4.88. The third-order valence-electron chi connectivity index (χ3n) is 3.70. The molecule has 4 heteroatoms. The highest BCUT2D eigenvalue weighted by molar-refractivity contribution is 5.85. The fraction of sp³-hybridized carbons (Fsp3) is 0.769. The molecule has 1 aliphatic carbocycles. The summed E-state index contributed by atoms with van der Waals surface area (Å²) in [6, 6.07) is 4.16. The Kier molecular flexibility index (Phi) is 4.52. The van der Waals surface area contributed by atoms with Gasteiger partial charge in [0.2, 0.25) is 5.91 Å². The number of nitrogens with zero attached hydrogens (tertiary/aromatic N) is 3. The van der Waals surface area contributed by atoms with E-state index in [1.807, 2.05) is 6.92 Å². The van der Waals surface area contributed by atoms with Crippen LogP contribution in [0.5, 0.6) is 0 Å².